The van der Waals surface area contributed by atoms with Crippen LogP contribution in [-0.2, 0) is 9.91 Å². The van der Waals surface area contributed by atoms with Crippen molar-refractivity contribution in [3.05, 3.63) is 41.5 Å². The van der Waals surface area contributed by atoms with Crippen LogP contribution in [0.1, 0.15) is 50.8 Å². The van der Waals surface area contributed by atoms with Gasteiger partial charge in [0.15, 0.2) is 0 Å². The molecule has 1 aromatic carbocycles. The molecular formula is C17H24ClOSi. The molecule has 0 aliphatic rings. The summed E-state index contributed by atoms with van der Waals surface area (Å²) >= 11 is 6.63. The first kappa shape index (κ1) is 17.3. The molecule has 0 heterocycles. The quantitative estimate of drug-likeness (QED) is 0.430. The predicted octanol–water partition coefficient (Wildman–Crippen LogP) is 4.83. The van der Waals surface area contributed by atoms with Crippen LogP contribution in [0.2, 0.25) is 0 Å². The Labute approximate surface area is 131 Å². The average molecular weight is 308 g/mol. The molecule has 0 N–H and O–H groups in total. The molecular weight excluding hydrogens is 284 g/mol. The second-order valence-corrected chi connectivity index (χ2v) is 8.01. The Morgan fingerprint density at radius 2 is 1.85 bits per heavy atom. The van der Waals surface area contributed by atoms with Crippen molar-refractivity contribution in [2.24, 2.45) is 0 Å². The van der Waals surface area contributed by atoms with Gasteiger partial charge in [-0.25, -0.2) is 0 Å². The fourth-order valence-electron chi connectivity index (χ4n) is 2.11. The summed E-state index contributed by atoms with van der Waals surface area (Å²) in [5.74, 6) is 0.870. The Kier molecular flexibility index (Phi) is 5.51. The molecule has 0 aliphatic carbocycles. The number of halogens is 1. The van der Waals surface area contributed by atoms with Gasteiger partial charge in [-0.2, -0.15) is 0 Å². The molecule has 0 saturated carbocycles. The highest BCUT2D eigenvalue weighted by Gasteiger charge is 2.30. The third-order valence-corrected chi connectivity index (χ3v) is 4.39. The van der Waals surface area contributed by atoms with Crippen molar-refractivity contribution in [3.63, 3.8) is 0 Å². The summed E-state index contributed by atoms with van der Waals surface area (Å²) in [6.07, 6.45) is 2.52. The fraction of sp³-hybridized carbons (Fsp3) is 0.529. The Morgan fingerprint density at radius 1 is 1.30 bits per heavy atom. The first-order valence-corrected chi connectivity index (χ1v) is 7.84. The van der Waals surface area contributed by atoms with E-state index in [1.807, 2.05) is 0 Å². The van der Waals surface area contributed by atoms with E-state index in [1.165, 1.54) is 11.1 Å². The van der Waals surface area contributed by atoms with Gasteiger partial charge in [0.2, 0.25) is 0 Å². The minimum Gasteiger partial charge on any atom is -0.489 e. The van der Waals surface area contributed by atoms with Crippen molar-refractivity contribution in [2.75, 3.05) is 6.61 Å². The van der Waals surface area contributed by atoms with Crippen molar-refractivity contribution in [3.8, 4) is 5.75 Å². The maximum atomic E-state index is 6.63. The number of rotatable bonds is 5. The number of ether oxygens (including phenoxy) is 1. The normalized spacial score (nSPS) is 14.8. The molecule has 0 spiro atoms. The molecule has 3 heteroatoms. The summed E-state index contributed by atoms with van der Waals surface area (Å²) in [5, 5.41) is 0. The van der Waals surface area contributed by atoms with Crippen molar-refractivity contribution < 1.29 is 4.74 Å². The smallest absolute Gasteiger partial charge is 0.128 e. The lowest BCUT2D eigenvalue weighted by atomic mass is 9.83. The summed E-state index contributed by atoms with van der Waals surface area (Å²) in [7, 11) is 3.68. The molecule has 1 aromatic rings. The lowest BCUT2D eigenvalue weighted by Crippen LogP contribution is -2.23. The Bertz CT molecular complexity index is 486. The van der Waals surface area contributed by atoms with E-state index >= 15 is 0 Å². The lowest BCUT2D eigenvalue weighted by Gasteiger charge is -2.30. The van der Waals surface area contributed by atoms with Crippen molar-refractivity contribution in [2.45, 2.75) is 51.0 Å². The summed E-state index contributed by atoms with van der Waals surface area (Å²) < 4.78 is 5.34. The highest BCUT2D eigenvalue weighted by Crippen LogP contribution is 2.42. The van der Waals surface area contributed by atoms with E-state index < -0.39 is 4.50 Å². The second kappa shape index (κ2) is 6.36. The summed E-state index contributed by atoms with van der Waals surface area (Å²) in [6.45, 7) is 14.9. The Morgan fingerprint density at radius 3 is 2.30 bits per heavy atom. The van der Waals surface area contributed by atoms with Gasteiger partial charge in [0, 0.05) is 11.1 Å². The predicted molar refractivity (Wildman–Crippen MR) is 89.1 cm³/mol. The van der Waals surface area contributed by atoms with Gasteiger partial charge in [-0.3, -0.25) is 0 Å². The van der Waals surface area contributed by atoms with Gasteiger partial charge in [0.05, 0.1) is 14.7 Å². The maximum absolute atomic E-state index is 6.63. The van der Waals surface area contributed by atoms with Gasteiger partial charge < -0.3 is 4.74 Å². The van der Waals surface area contributed by atoms with E-state index in [1.54, 1.807) is 6.08 Å². The van der Waals surface area contributed by atoms with Gasteiger partial charge in [0.25, 0.3) is 0 Å². The molecule has 1 rings (SSSR count). The molecule has 0 bridgehead atoms. The molecule has 0 fully saturated rings. The molecule has 109 valence electrons. The maximum Gasteiger partial charge on any atom is 0.128 e. The molecule has 1 nitrogen and oxygen atoms in total. The van der Waals surface area contributed by atoms with Gasteiger partial charge in [-0.05, 0) is 18.8 Å². The molecule has 0 aliphatic heterocycles. The summed E-state index contributed by atoms with van der Waals surface area (Å²) in [5.41, 5.74) is 3.34. The Balaban J connectivity index is 3.56. The molecule has 0 saturated heterocycles. The molecule has 0 amide bonds. The van der Waals surface area contributed by atoms with Crippen LogP contribution in [-0.4, -0.2) is 16.8 Å². The number of aryl methyl sites for hydroxylation is 1. The summed E-state index contributed by atoms with van der Waals surface area (Å²) in [6, 6.07) is 4.27. The third kappa shape index (κ3) is 3.89. The van der Waals surface area contributed by atoms with Crippen LogP contribution >= 0.6 is 11.6 Å². The zero-order valence-corrected chi connectivity index (χ0v) is 14.9. The molecule has 20 heavy (non-hydrogen) atoms. The largest absolute Gasteiger partial charge is 0.489 e. The van der Waals surface area contributed by atoms with E-state index in [4.69, 9.17) is 16.3 Å². The Hall–Kier alpha value is -0.733. The number of alkyl halides is 1. The van der Waals surface area contributed by atoms with Gasteiger partial charge in [-0.1, -0.05) is 58.0 Å². The molecule has 3 radical (unpaired) electrons. The zero-order valence-electron chi connectivity index (χ0n) is 13.1. The van der Waals surface area contributed by atoms with E-state index in [0.29, 0.717) is 6.61 Å². The van der Waals surface area contributed by atoms with Crippen molar-refractivity contribution in [1.29, 1.82) is 0 Å². The number of benzene rings is 1. The molecule has 1 unspecified atom stereocenters. The van der Waals surface area contributed by atoms with E-state index in [-0.39, 0.29) is 5.41 Å². The minimum absolute atomic E-state index is 0.00972. The van der Waals surface area contributed by atoms with Gasteiger partial charge >= 0.3 is 0 Å². The molecule has 0 aromatic heterocycles. The first-order valence-electron chi connectivity index (χ1n) is 6.96. The fourth-order valence-corrected chi connectivity index (χ4v) is 2.44. The lowest BCUT2D eigenvalue weighted by molar-refractivity contribution is 0.345. The molecule has 1 atom stereocenters. The highest BCUT2D eigenvalue weighted by atomic mass is 35.5. The van der Waals surface area contributed by atoms with Crippen molar-refractivity contribution >= 4 is 21.8 Å². The van der Waals surface area contributed by atoms with Crippen LogP contribution in [0.4, 0.5) is 0 Å². The number of hydrogen-bond donors (Lipinski definition) is 0. The topological polar surface area (TPSA) is 9.23 Å². The average Bonchev–Trinajstić information content (AvgIpc) is 2.35. The monoisotopic (exact) mass is 307 g/mol. The standard InChI is InChI=1S/C17H24ClOSi/c1-7-9-19-15-13(16(4,5)6)10-12(3)11-14(15)17(18,20)8-2/h7,10-11H,1,8-9H2,2-6H3. The van der Waals surface area contributed by atoms with E-state index in [9.17, 15) is 0 Å². The van der Waals surface area contributed by atoms with Crippen LogP contribution in [0, 0.1) is 6.92 Å². The summed E-state index contributed by atoms with van der Waals surface area (Å²) in [4.78, 5) is 0. The van der Waals surface area contributed by atoms with Crippen LogP contribution in [0.3, 0.4) is 0 Å². The van der Waals surface area contributed by atoms with Crippen LogP contribution in [0.25, 0.3) is 0 Å². The van der Waals surface area contributed by atoms with Gasteiger partial charge in [-0.15, -0.1) is 11.6 Å². The zero-order chi connectivity index (χ0) is 15.6. The first-order chi connectivity index (χ1) is 9.13. The highest BCUT2D eigenvalue weighted by molar-refractivity contribution is 6.44. The van der Waals surface area contributed by atoms with Crippen molar-refractivity contribution in [1.82, 2.24) is 0 Å². The van der Waals surface area contributed by atoms with E-state index in [2.05, 4.69) is 63.6 Å². The van der Waals surface area contributed by atoms with Crippen LogP contribution in [0.15, 0.2) is 24.8 Å². The van der Waals surface area contributed by atoms with Crippen LogP contribution in [0.5, 0.6) is 5.75 Å². The van der Waals surface area contributed by atoms with Crippen LogP contribution < -0.4 is 4.74 Å². The third-order valence-electron chi connectivity index (χ3n) is 3.30. The van der Waals surface area contributed by atoms with Gasteiger partial charge in [0.1, 0.15) is 12.4 Å². The number of hydrogen-bond acceptors (Lipinski definition) is 1. The minimum atomic E-state index is -0.609. The van der Waals surface area contributed by atoms with E-state index in [0.717, 1.165) is 17.7 Å². The second-order valence-electron chi connectivity index (χ2n) is 6.19. The SMILES string of the molecule is C=CCOc1c(C(C)(C)C)cc(C)cc1C([Si])(Cl)CC.